The lowest BCUT2D eigenvalue weighted by atomic mass is 10.1. The van der Waals surface area contributed by atoms with E-state index < -0.39 is 0 Å². The number of thioether (sulfide) groups is 1. The number of nitrogens with zero attached hydrogens (tertiary/aromatic N) is 1. The first-order chi connectivity index (χ1) is 6.26. The van der Waals surface area contributed by atoms with Crippen molar-refractivity contribution in [1.82, 2.24) is 0 Å². The first kappa shape index (κ1) is 12.6. The Bertz CT molecular complexity index is 201. The Morgan fingerprint density at radius 3 is 2.46 bits per heavy atom. The van der Waals surface area contributed by atoms with Crippen LogP contribution in [0.1, 0.15) is 46.0 Å². The van der Waals surface area contributed by atoms with E-state index in [1.54, 1.807) is 11.8 Å². The van der Waals surface area contributed by atoms with Gasteiger partial charge in [-0.3, -0.25) is 0 Å². The molecule has 0 aromatic carbocycles. The number of hydrogen-bond acceptors (Lipinski definition) is 2. The number of allylic oxidation sites excluding steroid dienone is 2. The van der Waals surface area contributed by atoms with Crippen LogP contribution in [0.25, 0.3) is 0 Å². The van der Waals surface area contributed by atoms with Crippen LogP contribution in [0.15, 0.2) is 10.5 Å². The third-order valence-electron chi connectivity index (χ3n) is 2.10. The van der Waals surface area contributed by atoms with E-state index in [1.807, 2.05) is 6.26 Å². The molecule has 0 saturated carbocycles. The van der Waals surface area contributed by atoms with Gasteiger partial charge in [0, 0.05) is 0 Å². The van der Waals surface area contributed by atoms with E-state index in [4.69, 9.17) is 5.26 Å². The molecule has 13 heavy (non-hydrogen) atoms. The molecule has 0 bridgehead atoms. The summed E-state index contributed by atoms with van der Waals surface area (Å²) in [7, 11) is 0. The fourth-order valence-corrected chi connectivity index (χ4v) is 1.79. The summed E-state index contributed by atoms with van der Waals surface area (Å²) in [6.45, 7) is 4.28. The van der Waals surface area contributed by atoms with Crippen LogP contribution in [0, 0.1) is 11.3 Å². The zero-order chi connectivity index (χ0) is 10.1. The second-order valence-corrected chi connectivity index (χ2v) is 4.05. The average molecular weight is 197 g/mol. The second kappa shape index (κ2) is 8.19. The first-order valence-electron chi connectivity index (χ1n) is 4.90. The van der Waals surface area contributed by atoms with E-state index in [0.29, 0.717) is 0 Å². The maximum Gasteiger partial charge on any atom is 0.106 e. The molecule has 2 heteroatoms. The summed E-state index contributed by atoms with van der Waals surface area (Å²) in [5.74, 6) is 0. The normalized spacial score (nSPS) is 12.2. The van der Waals surface area contributed by atoms with Gasteiger partial charge in [-0.1, -0.05) is 26.2 Å². The van der Waals surface area contributed by atoms with Gasteiger partial charge in [0.05, 0.1) is 4.91 Å². The molecule has 0 rings (SSSR count). The van der Waals surface area contributed by atoms with E-state index >= 15 is 0 Å². The lowest BCUT2D eigenvalue weighted by molar-refractivity contribution is 0.664. The molecule has 0 spiro atoms. The van der Waals surface area contributed by atoms with E-state index in [9.17, 15) is 0 Å². The van der Waals surface area contributed by atoms with Crippen molar-refractivity contribution in [2.45, 2.75) is 46.0 Å². The predicted molar refractivity (Wildman–Crippen MR) is 60.6 cm³/mol. The molecule has 0 heterocycles. The van der Waals surface area contributed by atoms with Gasteiger partial charge in [0.1, 0.15) is 6.07 Å². The highest BCUT2D eigenvalue weighted by molar-refractivity contribution is 8.02. The topological polar surface area (TPSA) is 23.8 Å². The molecule has 0 aromatic rings. The van der Waals surface area contributed by atoms with Crippen molar-refractivity contribution in [3.8, 4) is 6.07 Å². The molecule has 0 fully saturated rings. The molecule has 0 unspecified atom stereocenters. The summed E-state index contributed by atoms with van der Waals surface area (Å²) in [5, 5.41) is 8.77. The van der Waals surface area contributed by atoms with Crippen molar-refractivity contribution in [2.24, 2.45) is 0 Å². The van der Waals surface area contributed by atoms with Gasteiger partial charge in [-0.2, -0.15) is 5.26 Å². The zero-order valence-electron chi connectivity index (χ0n) is 8.89. The molecule has 74 valence electrons. The van der Waals surface area contributed by atoms with Gasteiger partial charge < -0.3 is 0 Å². The Kier molecular flexibility index (Phi) is 7.93. The van der Waals surface area contributed by atoms with Crippen LogP contribution in [-0.4, -0.2) is 6.26 Å². The van der Waals surface area contributed by atoms with Gasteiger partial charge in [-0.05, 0) is 31.6 Å². The Morgan fingerprint density at radius 2 is 2.00 bits per heavy atom. The molecule has 0 aromatic heterocycles. The largest absolute Gasteiger partial charge is 0.192 e. The van der Waals surface area contributed by atoms with Gasteiger partial charge in [-0.15, -0.1) is 11.8 Å². The maximum atomic E-state index is 8.77. The van der Waals surface area contributed by atoms with E-state index in [-0.39, 0.29) is 0 Å². The molecule has 0 saturated heterocycles. The number of unbranched alkanes of at least 4 members (excludes halogenated alkanes) is 3. The highest BCUT2D eigenvalue weighted by atomic mass is 32.2. The van der Waals surface area contributed by atoms with Crippen LogP contribution in [-0.2, 0) is 0 Å². The molecule has 0 aliphatic rings. The summed E-state index contributed by atoms with van der Waals surface area (Å²) in [6, 6.07) is 2.23. The minimum atomic E-state index is 0.900. The molecule has 0 aliphatic heterocycles. The van der Waals surface area contributed by atoms with Gasteiger partial charge in [0.25, 0.3) is 0 Å². The van der Waals surface area contributed by atoms with Crippen LogP contribution in [0.3, 0.4) is 0 Å². The number of hydrogen-bond donors (Lipinski definition) is 0. The first-order valence-corrected chi connectivity index (χ1v) is 6.12. The Hall–Kier alpha value is -0.420. The smallest absolute Gasteiger partial charge is 0.106 e. The SMILES string of the molecule is CCCCCC/C(C)=C(\C#N)SC. The van der Waals surface area contributed by atoms with Gasteiger partial charge in [0.15, 0.2) is 0 Å². The molecule has 0 atom stereocenters. The molecule has 1 nitrogen and oxygen atoms in total. The minimum absolute atomic E-state index is 0.900. The Labute approximate surface area is 86.2 Å². The van der Waals surface area contributed by atoms with Crippen molar-refractivity contribution < 1.29 is 0 Å². The highest BCUT2D eigenvalue weighted by Gasteiger charge is 1.99. The van der Waals surface area contributed by atoms with Gasteiger partial charge in [-0.25, -0.2) is 0 Å². The van der Waals surface area contributed by atoms with Crippen LogP contribution in [0.5, 0.6) is 0 Å². The van der Waals surface area contributed by atoms with Crippen LogP contribution < -0.4 is 0 Å². The summed E-state index contributed by atoms with van der Waals surface area (Å²) in [4.78, 5) is 0.900. The monoisotopic (exact) mass is 197 g/mol. The highest BCUT2D eigenvalue weighted by Crippen LogP contribution is 2.20. The van der Waals surface area contributed by atoms with Crippen LogP contribution in [0.4, 0.5) is 0 Å². The van der Waals surface area contributed by atoms with E-state index in [2.05, 4.69) is 19.9 Å². The van der Waals surface area contributed by atoms with Gasteiger partial charge in [0.2, 0.25) is 0 Å². The summed E-state index contributed by atoms with van der Waals surface area (Å²) in [5.41, 5.74) is 1.26. The fraction of sp³-hybridized carbons (Fsp3) is 0.727. The Morgan fingerprint density at radius 1 is 1.31 bits per heavy atom. The quantitative estimate of drug-likeness (QED) is 0.472. The predicted octanol–water partition coefficient (Wildman–Crippen LogP) is 4.12. The third-order valence-corrected chi connectivity index (χ3v) is 2.95. The van der Waals surface area contributed by atoms with Gasteiger partial charge >= 0.3 is 0 Å². The van der Waals surface area contributed by atoms with Crippen LogP contribution in [0.2, 0.25) is 0 Å². The third kappa shape index (κ3) is 5.76. The van der Waals surface area contributed by atoms with Crippen molar-refractivity contribution in [1.29, 1.82) is 5.26 Å². The number of nitriles is 1. The summed E-state index contributed by atoms with van der Waals surface area (Å²) >= 11 is 1.56. The summed E-state index contributed by atoms with van der Waals surface area (Å²) in [6.07, 6.45) is 8.16. The minimum Gasteiger partial charge on any atom is -0.192 e. The summed E-state index contributed by atoms with van der Waals surface area (Å²) < 4.78 is 0. The molecule has 0 radical (unpaired) electrons. The molecule has 0 amide bonds. The van der Waals surface area contributed by atoms with E-state index in [1.165, 1.54) is 31.3 Å². The van der Waals surface area contributed by atoms with Crippen LogP contribution >= 0.6 is 11.8 Å². The molecule has 0 aliphatic carbocycles. The Balaban J connectivity index is 3.78. The van der Waals surface area contributed by atoms with Crippen molar-refractivity contribution in [3.63, 3.8) is 0 Å². The lowest BCUT2D eigenvalue weighted by Gasteiger charge is -2.02. The molecular weight excluding hydrogens is 178 g/mol. The molecular formula is C11H19NS. The number of rotatable bonds is 6. The van der Waals surface area contributed by atoms with Crippen molar-refractivity contribution >= 4 is 11.8 Å². The standard InChI is InChI=1S/C11H19NS/c1-4-5-6-7-8-10(2)11(9-12)13-3/h4-8H2,1-3H3/b11-10+. The van der Waals surface area contributed by atoms with Crippen molar-refractivity contribution in [3.05, 3.63) is 10.5 Å². The molecule has 0 N–H and O–H groups in total. The van der Waals surface area contributed by atoms with E-state index in [0.717, 1.165) is 11.3 Å². The fourth-order valence-electron chi connectivity index (χ4n) is 1.25. The second-order valence-electron chi connectivity index (χ2n) is 3.24. The average Bonchev–Trinajstić information content (AvgIpc) is 2.14. The van der Waals surface area contributed by atoms with Crippen molar-refractivity contribution in [2.75, 3.05) is 6.26 Å². The lowest BCUT2D eigenvalue weighted by Crippen LogP contribution is -1.83. The zero-order valence-corrected chi connectivity index (χ0v) is 9.71. The maximum absolute atomic E-state index is 8.77.